The van der Waals surface area contributed by atoms with Gasteiger partial charge in [0.2, 0.25) is 0 Å². The second kappa shape index (κ2) is 8.85. The maximum absolute atomic E-state index is 13.3. The Bertz CT molecular complexity index is 374. The van der Waals surface area contributed by atoms with E-state index in [-0.39, 0.29) is 12.4 Å². The molecule has 1 atom stereocenters. The van der Waals surface area contributed by atoms with E-state index in [4.69, 9.17) is 9.47 Å². The Hall–Kier alpha value is -1.17. The van der Waals surface area contributed by atoms with Gasteiger partial charge in [0, 0.05) is 18.8 Å². The predicted octanol–water partition coefficient (Wildman–Crippen LogP) is 1.96. The molecule has 1 aromatic carbocycles. The lowest BCUT2D eigenvalue weighted by molar-refractivity contribution is 0.0103. The van der Waals surface area contributed by atoms with Gasteiger partial charge >= 0.3 is 0 Å². The highest BCUT2D eigenvalue weighted by atomic mass is 19.1. The van der Waals surface area contributed by atoms with Crippen molar-refractivity contribution in [1.29, 1.82) is 0 Å². The summed E-state index contributed by atoms with van der Waals surface area (Å²) in [5.41, 5.74) is 1.25. The van der Waals surface area contributed by atoms with E-state index in [0.29, 0.717) is 37.6 Å². The van der Waals surface area contributed by atoms with Gasteiger partial charge in [0.15, 0.2) is 0 Å². The minimum atomic E-state index is -0.633. The van der Waals surface area contributed by atoms with E-state index in [9.17, 15) is 9.50 Å². The van der Waals surface area contributed by atoms with Gasteiger partial charge in [0.05, 0.1) is 25.9 Å². The molecule has 0 aromatic heterocycles. The molecule has 0 fully saturated rings. The van der Waals surface area contributed by atoms with Crippen LogP contribution < -0.4 is 5.32 Å². The number of hydrogen-bond donors (Lipinski definition) is 2. The Morgan fingerprint density at radius 1 is 1.32 bits per heavy atom. The fraction of sp³-hybridized carbons (Fsp3) is 0.571. The molecule has 0 aliphatic carbocycles. The van der Waals surface area contributed by atoms with Gasteiger partial charge in [0.25, 0.3) is 0 Å². The van der Waals surface area contributed by atoms with Gasteiger partial charge in [-0.15, -0.1) is 0 Å². The van der Waals surface area contributed by atoms with Crippen molar-refractivity contribution in [2.75, 3.05) is 38.3 Å². The lowest BCUT2D eigenvalue weighted by Gasteiger charge is -2.13. The van der Waals surface area contributed by atoms with Gasteiger partial charge < -0.3 is 19.9 Å². The first kappa shape index (κ1) is 15.9. The molecular formula is C14H22FNO3. The molecular weight excluding hydrogens is 249 g/mol. The van der Waals surface area contributed by atoms with Gasteiger partial charge in [-0.3, -0.25) is 0 Å². The van der Waals surface area contributed by atoms with Crippen molar-refractivity contribution in [1.82, 2.24) is 0 Å². The molecule has 0 amide bonds. The van der Waals surface area contributed by atoms with Gasteiger partial charge in [-0.1, -0.05) is 6.07 Å². The number of rotatable bonds is 9. The average molecular weight is 271 g/mol. The van der Waals surface area contributed by atoms with Crippen LogP contribution in [0.2, 0.25) is 0 Å². The fourth-order valence-electron chi connectivity index (χ4n) is 1.48. The number of hydrogen-bond acceptors (Lipinski definition) is 4. The Balaban J connectivity index is 2.18. The molecule has 4 nitrogen and oxygen atoms in total. The standard InChI is InChI=1S/C14H22FNO3/c1-3-18-6-7-19-10-13(17)9-16-12-5-4-11(2)14(15)8-12/h4-5,8,13,16-17H,3,6-7,9-10H2,1-2H3. The van der Waals surface area contributed by atoms with Crippen LogP contribution in [0.5, 0.6) is 0 Å². The molecule has 1 rings (SSSR count). The highest BCUT2D eigenvalue weighted by Gasteiger charge is 2.05. The summed E-state index contributed by atoms with van der Waals surface area (Å²) >= 11 is 0. The number of aliphatic hydroxyl groups is 1. The second-order valence-corrected chi connectivity index (χ2v) is 4.27. The maximum Gasteiger partial charge on any atom is 0.128 e. The Morgan fingerprint density at radius 2 is 2.05 bits per heavy atom. The minimum Gasteiger partial charge on any atom is -0.389 e. The van der Waals surface area contributed by atoms with Crippen LogP contribution in [-0.4, -0.2) is 44.2 Å². The number of halogens is 1. The van der Waals surface area contributed by atoms with Crippen LogP contribution in [0.4, 0.5) is 10.1 Å². The smallest absolute Gasteiger partial charge is 0.128 e. The van der Waals surface area contributed by atoms with Crippen molar-refractivity contribution in [2.45, 2.75) is 20.0 Å². The molecule has 19 heavy (non-hydrogen) atoms. The van der Waals surface area contributed by atoms with Crippen LogP contribution in [0.3, 0.4) is 0 Å². The highest BCUT2D eigenvalue weighted by Crippen LogP contribution is 2.13. The van der Waals surface area contributed by atoms with Crippen molar-refractivity contribution in [3.8, 4) is 0 Å². The zero-order chi connectivity index (χ0) is 14.1. The van der Waals surface area contributed by atoms with Crippen LogP contribution >= 0.6 is 0 Å². The molecule has 1 unspecified atom stereocenters. The van der Waals surface area contributed by atoms with Crippen LogP contribution in [0, 0.1) is 12.7 Å². The number of ether oxygens (including phenoxy) is 2. The van der Waals surface area contributed by atoms with E-state index in [0.717, 1.165) is 0 Å². The summed E-state index contributed by atoms with van der Waals surface area (Å²) in [5.74, 6) is -0.257. The molecule has 2 N–H and O–H groups in total. The third kappa shape index (κ3) is 6.52. The molecule has 108 valence electrons. The van der Waals surface area contributed by atoms with E-state index in [1.165, 1.54) is 6.07 Å². The Morgan fingerprint density at radius 3 is 2.74 bits per heavy atom. The molecule has 0 radical (unpaired) electrons. The first-order valence-electron chi connectivity index (χ1n) is 6.47. The Labute approximate surface area is 113 Å². The maximum atomic E-state index is 13.3. The summed E-state index contributed by atoms with van der Waals surface area (Å²) in [5, 5.41) is 12.6. The third-order valence-corrected chi connectivity index (χ3v) is 2.60. The van der Waals surface area contributed by atoms with Crippen molar-refractivity contribution in [3.05, 3.63) is 29.6 Å². The number of nitrogens with one attached hydrogen (secondary N) is 1. The topological polar surface area (TPSA) is 50.7 Å². The first-order valence-corrected chi connectivity index (χ1v) is 6.47. The molecule has 0 aliphatic rings. The largest absolute Gasteiger partial charge is 0.389 e. The number of aliphatic hydroxyl groups excluding tert-OH is 1. The summed E-state index contributed by atoms with van der Waals surface area (Å²) in [6, 6.07) is 4.89. The monoisotopic (exact) mass is 271 g/mol. The van der Waals surface area contributed by atoms with E-state index < -0.39 is 6.10 Å². The van der Waals surface area contributed by atoms with Crippen LogP contribution in [0.15, 0.2) is 18.2 Å². The highest BCUT2D eigenvalue weighted by molar-refractivity contribution is 5.45. The molecule has 0 spiro atoms. The minimum absolute atomic E-state index is 0.231. The quantitative estimate of drug-likeness (QED) is 0.674. The van der Waals surface area contributed by atoms with Crippen LogP contribution in [0.1, 0.15) is 12.5 Å². The summed E-state index contributed by atoms with van der Waals surface area (Å²) in [6.45, 7) is 5.82. The summed E-state index contributed by atoms with van der Waals surface area (Å²) in [7, 11) is 0. The zero-order valence-electron chi connectivity index (χ0n) is 11.5. The molecule has 0 heterocycles. The summed E-state index contributed by atoms with van der Waals surface area (Å²) in [6.07, 6.45) is -0.633. The van der Waals surface area contributed by atoms with Crippen molar-refractivity contribution >= 4 is 5.69 Å². The molecule has 0 aliphatic heterocycles. The summed E-state index contributed by atoms with van der Waals surface area (Å²) in [4.78, 5) is 0. The molecule has 1 aromatic rings. The normalized spacial score (nSPS) is 12.4. The van der Waals surface area contributed by atoms with Crippen molar-refractivity contribution < 1.29 is 19.0 Å². The average Bonchev–Trinajstić information content (AvgIpc) is 2.40. The zero-order valence-corrected chi connectivity index (χ0v) is 11.5. The second-order valence-electron chi connectivity index (χ2n) is 4.27. The molecule has 0 bridgehead atoms. The summed E-state index contributed by atoms with van der Waals surface area (Å²) < 4.78 is 23.6. The predicted molar refractivity (Wildman–Crippen MR) is 72.9 cm³/mol. The Kier molecular flexibility index (Phi) is 7.40. The lowest BCUT2D eigenvalue weighted by atomic mass is 10.2. The first-order chi connectivity index (χ1) is 9.13. The van der Waals surface area contributed by atoms with Gasteiger partial charge in [-0.2, -0.15) is 0 Å². The van der Waals surface area contributed by atoms with E-state index >= 15 is 0 Å². The SMILES string of the molecule is CCOCCOCC(O)CNc1ccc(C)c(F)c1. The lowest BCUT2D eigenvalue weighted by Crippen LogP contribution is -2.25. The number of benzene rings is 1. The van der Waals surface area contributed by atoms with Crippen LogP contribution in [-0.2, 0) is 9.47 Å². The van der Waals surface area contributed by atoms with Gasteiger partial charge in [-0.05, 0) is 31.5 Å². The van der Waals surface area contributed by atoms with E-state index in [1.807, 2.05) is 6.92 Å². The molecule has 0 saturated heterocycles. The van der Waals surface area contributed by atoms with E-state index in [1.54, 1.807) is 19.1 Å². The van der Waals surface area contributed by atoms with Gasteiger partial charge in [-0.25, -0.2) is 4.39 Å². The molecule has 0 saturated carbocycles. The number of aryl methyl sites for hydroxylation is 1. The van der Waals surface area contributed by atoms with Crippen molar-refractivity contribution in [3.63, 3.8) is 0 Å². The van der Waals surface area contributed by atoms with Gasteiger partial charge in [0.1, 0.15) is 5.82 Å². The van der Waals surface area contributed by atoms with Crippen molar-refractivity contribution in [2.24, 2.45) is 0 Å². The van der Waals surface area contributed by atoms with E-state index in [2.05, 4.69) is 5.32 Å². The molecule has 5 heteroatoms. The third-order valence-electron chi connectivity index (χ3n) is 2.60. The fourth-order valence-corrected chi connectivity index (χ4v) is 1.48. The van der Waals surface area contributed by atoms with Crippen LogP contribution in [0.25, 0.3) is 0 Å². The number of anilines is 1.